The number of fused-ring (bicyclic) bond motifs is 8. The van der Waals surface area contributed by atoms with Crippen molar-refractivity contribution < 1.29 is 9.18 Å². The highest BCUT2D eigenvalue weighted by Crippen LogP contribution is 2.48. The number of piperidine rings is 1. The van der Waals surface area contributed by atoms with Crippen molar-refractivity contribution in [2.45, 2.75) is 24.8 Å². The molecule has 1 aliphatic carbocycles. The summed E-state index contributed by atoms with van der Waals surface area (Å²) in [5, 5.41) is 0.455. The molecule has 0 saturated carbocycles. The molecule has 2 bridgehead atoms. The molecule has 3 aromatic heterocycles. The molecule has 150 valence electrons. The molecule has 2 atom stereocenters. The van der Waals surface area contributed by atoms with Gasteiger partial charge >= 0.3 is 0 Å². The van der Waals surface area contributed by atoms with Gasteiger partial charge in [-0.2, -0.15) is 0 Å². The first-order chi connectivity index (χ1) is 14.5. The average molecular weight is 423 g/mol. The van der Waals surface area contributed by atoms with Crippen molar-refractivity contribution in [3.05, 3.63) is 64.6 Å². The van der Waals surface area contributed by atoms with E-state index in [4.69, 9.17) is 17.3 Å². The van der Waals surface area contributed by atoms with E-state index < -0.39 is 5.82 Å². The van der Waals surface area contributed by atoms with E-state index in [0.717, 1.165) is 24.1 Å². The predicted molar refractivity (Wildman–Crippen MR) is 110 cm³/mol. The van der Waals surface area contributed by atoms with Gasteiger partial charge in [0, 0.05) is 18.5 Å². The maximum atomic E-state index is 15.0. The molecular weight excluding hydrogens is 407 g/mol. The van der Waals surface area contributed by atoms with Gasteiger partial charge in [0.25, 0.3) is 5.91 Å². The van der Waals surface area contributed by atoms with Gasteiger partial charge in [0.05, 0.1) is 40.9 Å². The van der Waals surface area contributed by atoms with Gasteiger partial charge in [-0.1, -0.05) is 17.7 Å². The summed E-state index contributed by atoms with van der Waals surface area (Å²) in [6, 6.07) is 6.35. The number of rotatable bonds is 1. The van der Waals surface area contributed by atoms with Crippen molar-refractivity contribution in [3.8, 4) is 0 Å². The summed E-state index contributed by atoms with van der Waals surface area (Å²) in [6.07, 6.45) is 4.73. The van der Waals surface area contributed by atoms with Crippen LogP contribution in [0, 0.1) is 5.82 Å². The minimum atomic E-state index is -0.617. The molecule has 1 aromatic carbocycles. The summed E-state index contributed by atoms with van der Waals surface area (Å²) in [7, 11) is 0. The Hall–Kier alpha value is -3.26. The van der Waals surface area contributed by atoms with Gasteiger partial charge in [-0.3, -0.25) is 9.20 Å². The highest BCUT2D eigenvalue weighted by atomic mass is 35.5. The Bertz CT molecular complexity index is 1370. The Morgan fingerprint density at radius 2 is 2.10 bits per heavy atom. The summed E-state index contributed by atoms with van der Waals surface area (Å²) < 4.78 is 16.7. The lowest BCUT2D eigenvalue weighted by molar-refractivity contribution is 0.0615. The Morgan fingerprint density at radius 1 is 1.23 bits per heavy atom. The third-order valence-corrected chi connectivity index (χ3v) is 6.44. The quantitative estimate of drug-likeness (QED) is 0.472. The second-order valence-electron chi connectivity index (χ2n) is 7.81. The molecule has 7 nitrogen and oxygen atoms in total. The lowest BCUT2D eigenvalue weighted by atomic mass is 9.96. The fraction of sp³-hybridized carbons (Fsp3) is 0.238. The van der Waals surface area contributed by atoms with Gasteiger partial charge in [0.15, 0.2) is 0 Å². The maximum Gasteiger partial charge on any atom is 0.257 e. The molecule has 0 unspecified atom stereocenters. The van der Waals surface area contributed by atoms with Gasteiger partial charge in [-0.05, 0) is 30.5 Å². The molecule has 9 heteroatoms. The van der Waals surface area contributed by atoms with E-state index >= 15 is 0 Å². The third-order valence-electron chi connectivity index (χ3n) is 6.23. The molecule has 0 radical (unpaired) electrons. The highest BCUT2D eigenvalue weighted by Gasteiger charge is 2.42. The minimum absolute atomic E-state index is 0.0119. The van der Waals surface area contributed by atoms with Crippen LogP contribution in [-0.4, -0.2) is 36.7 Å². The van der Waals surface area contributed by atoms with Crippen LogP contribution in [0.25, 0.3) is 16.6 Å². The summed E-state index contributed by atoms with van der Waals surface area (Å²) in [4.78, 5) is 28.0. The number of nitrogens with two attached hydrogens (primary N) is 1. The molecule has 0 spiro atoms. The first kappa shape index (κ1) is 17.6. The highest BCUT2D eigenvalue weighted by molar-refractivity contribution is 6.29. The monoisotopic (exact) mass is 422 g/mol. The molecular formula is C21H16ClFN6O. The van der Waals surface area contributed by atoms with Crippen LogP contribution in [0.2, 0.25) is 5.15 Å². The zero-order valence-electron chi connectivity index (χ0n) is 15.7. The van der Waals surface area contributed by atoms with Crippen molar-refractivity contribution in [3.63, 3.8) is 0 Å². The topological polar surface area (TPSA) is 89.4 Å². The SMILES string of the molecule is Nc1nc2cc(F)c(C(=O)N3CC[C@H]4C[C@@H]3c3ccc(Cl)nc34)cc2n2cncc12. The number of imidazole rings is 1. The van der Waals surface area contributed by atoms with Gasteiger partial charge < -0.3 is 10.6 Å². The lowest BCUT2D eigenvalue weighted by Crippen LogP contribution is -2.38. The molecule has 2 aliphatic rings. The number of hydrogen-bond acceptors (Lipinski definition) is 5. The largest absolute Gasteiger partial charge is 0.382 e. The smallest absolute Gasteiger partial charge is 0.257 e. The number of aromatic nitrogens is 4. The maximum absolute atomic E-state index is 15.0. The third kappa shape index (κ3) is 2.37. The summed E-state index contributed by atoms with van der Waals surface area (Å²) >= 11 is 6.07. The Balaban J connectivity index is 1.46. The average Bonchev–Trinajstić information content (AvgIpc) is 3.32. The van der Waals surface area contributed by atoms with Crippen molar-refractivity contribution in [2.75, 3.05) is 12.3 Å². The predicted octanol–water partition coefficient (Wildman–Crippen LogP) is 3.73. The van der Waals surface area contributed by atoms with Crippen molar-refractivity contribution >= 4 is 39.9 Å². The number of likely N-dealkylation sites (tertiary alicyclic amines) is 1. The van der Waals surface area contributed by atoms with E-state index in [2.05, 4.69) is 15.0 Å². The molecule has 2 N–H and O–H groups in total. The number of nitrogen functional groups attached to an aromatic ring is 1. The van der Waals surface area contributed by atoms with Crippen molar-refractivity contribution in [2.24, 2.45) is 0 Å². The number of hydrogen-bond donors (Lipinski definition) is 1. The van der Waals surface area contributed by atoms with Gasteiger partial charge in [-0.15, -0.1) is 0 Å². The number of anilines is 1. The van der Waals surface area contributed by atoms with Crippen LogP contribution in [0.5, 0.6) is 0 Å². The molecule has 6 rings (SSSR count). The summed E-state index contributed by atoms with van der Waals surface area (Å²) in [5.74, 6) is -0.416. The van der Waals surface area contributed by atoms with E-state index in [9.17, 15) is 9.18 Å². The van der Waals surface area contributed by atoms with E-state index in [1.807, 2.05) is 6.07 Å². The molecule has 1 saturated heterocycles. The number of amides is 1. The van der Waals surface area contributed by atoms with E-state index in [-0.39, 0.29) is 29.2 Å². The molecule has 1 fully saturated rings. The van der Waals surface area contributed by atoms with Crippen LogP contribution in [0.15, 0.2) is 36.8 Å². The Morgan fingerprint density at radius 3 is 2.97 bits per heavy atom. The normalized spacial score (nSPS) is 20.1. The van der Waals surface area contributed by atoms with E-state index in [0.29, 0.717) is 28.2 Å². The van der Waals surface area contributed by atoms with Crippen LogP contribution in [-0.2, 0) is 0 Å². The zero-order valence-corrected chi connectivity index (χ0v) is 16.5. The molecule has 30 heavy (non-hydrogen) atoms. The number of halogens is 2. The van der Waals surface area contributed by atoms with Crippen molar-refractivity contribution in [1.82, 2.24) is 24.3 Å². The van der Waals surface area contributed by atoms with Gasteiger partial charge in [-0.25, -0.2) is 19.3 Å². The van der Waals surface area contributed by atoms with Crippen LogP contribution in [0.1, 0.15) is 46.4 Å². The van der Waals surface area contributed by atoms with Gasteiger partial charge in [0.1, 0.15) is 22.3 Å². The molecule has 4 aromatic rings. The summed E-state index contributed by atoms with van der Waals surface area (Å²) in [6.45, 7) is 0.542. The fourth-order valence-electron chi connectivity index (χ4n) is 4.84. The summed E-state index contributed by atoms with van der Waals surface area (Å²) in [5.41, 5.74) is 9.48. The molecule has 1 amide bonds. The first-order valence-corrected chi connectivity index (χ1v) is 10.1. The van der Waals surface area contributed by atoms with Gasteiger partial charge in [0.2, 0.25) is 0 Å². The number of nitrogens with zero attached hydrogens (tertiary/aromatic N) is 5. The fourth-order valence-corrected chi connectivity index (χ4v) is 4.99. The number of carbonyl (C=O) groups excluding carboxylic acids is 1. The van der Waals surface area contributed by atoms with Crippen LogP contribution >= 0.6 is 11.6 Å². The minimum Gasteiger partial charge on any atom is -0.382 e. The van der Waals surface area contributed by atoms with Crippen molar-refractivity contribution in [1.29, 1.82) is 0 Å². The number of pyridine rings is 1. The van der Waals surface area contributed by atoms with Crippen LogP contribution < -0.4 is 5.73 Å². The number of benzene rings is 1. The number of carbonyl (C=O) groups is 1. The molecule has 4 heterocycles. The van der Waals surface area contributed by atoms with E-state index in [1.54, 1.807) is 27.9 Å². The van der Waals surface area contributed by atoms with Crippen LogP contribution in [0.3, 0.4) is 0 Å². The second kappa shape index (κ2) is 6.12. The lowest BCUT2D eigenvalue weighted by Gasteiger charge is -2.33. The van der Waals surface area contributed by atoms with E-state index in [1.165, 1.54) is 12.1 Å². The first-order valence-electron chi connectivity index (χ1n) is 9.69. The van der Waals surface area contributed by atoms with Crippen LogP contribution in [0.4, 0.5) is 10.2 Å². The zero-order chi connectivity index (χ0) is 20.6. The standard InChI is InChI=1S/C21H16ClFN6O/c22-18-2-1-11-15-5-10(19(11)27-18)3-4-28(15)21(30)12-6-16-14(7-13(12)23)26-20(24)17-8-25-9-29(16)17/h1-2,6-10,15H,3-5H2,(H2,24,26)/t10-,15+/m0/s1. The molecule has 1 aliphatic heterocycles. The Labute approximate surface area is 175 Å². The second-order valence-corrected chi connectivity index (χ2v) is 8.20. The Kier molecular flexibility index (Phi) is 3.59.